The number of urea groups is 1. The molecule has 0 saturated carbocycles. The molecule has 1 unspecified atom stereocenters. The van der Waals surface area contributed by atoms with Crippen molar-refractivity contribution in [2.75, 3.05) is 0 Å². The Hall–Kier alpha value is -0.530. The number of hydrogen-bond donors (Lipinski definition) is 2. The fraction of sp³-hybridized carbons (Fsp3) is 0.400. The monoisotopic (exact) mass is 214 g/mol. The van der Waals surface area contributed by atoms with Crippen LogP contribution in [-0.2, 0) is 9.59 Å². The summed E-state index contributed by atoms with van der Waals surface area (Å²) in [6.07, 6.45) is -0.870. The zero-order valence-electron chi connectivity index (χ0n) is 6.61. The number of carbonyl (C=O) groups is 3. The first kappa shape index (κ1) is 15.0. The molecule has 0 aliphatic rings. The summed E-state index contributed by atoms with van der Waals surface area (Å²) < 4.78 is 0. The maximum atomic E-state index is 10.1. The van der Waals surface area contributed by atoms with Crippen LogP contribution in [0.5, 0.6) is 0 Å². The SMILES string of the molecule is NC(=O)NC(CC(=O)[O-])C(=O)[O-].[Ca+2]. The molecule has 13 heavy (non-hydrogen) atoms. The van der Waals surface area contributed by atoms with Gasteiger partial charge < -0.3 is 30.9 Å². The molecule has 0 fully saturated rings. The van der Waals surface area contributed by atoms with Crippen LogP contribution in [0.15, 0.2) is 0 Å². The fourth-order valence-corrected chi connectivity index (χ4v) is 0.532. The van der Waals surface area contributed by atoms with Crippen molar-refractivity contribution in [3.63, 3.8) is 0 Å². The van der Waals surface area contributed by atoms with Crippen LogP contribution in [0.2, 0.25) is 0 Å². The van der Waals surface area contributed by atoms with Gasteiger partial charge in [0.25, 0.3) is 0 Å². The number of nitrogens with two attached hydrogens (primary N) is 1. The van der Waals surface area contributed by atoms with Crippen molar-refractivity contribution in [1.29, 1.82) is 0 Å². The topological polar surface area (TPSA) is 135 Å². The van der Waals surface area contributed by atoms with Crippen molar-refractivity contribution in [3.05, 3.63) is 0 Å². The summed E-state index contributed by atoms with van der Waals surface area (Å²) in [7, 11) is 0. The number of hydrogen-bond acceptors (Lipinski definition) is 5. The average Bonchev–Trinajstić information content (AvgIpc) is 1.83. The van der Waals surface area contributed by atoms with E-state index in [0.717, 1.165) is 0 Å². The van der Waals surface area contributed by atoms with Gasteiger partial charge in [-0.25, -0.2) is 4.79 Å². The van der Waals surface area contributed by atoms with E-state index < -0.39 is 30.4 Å². The molecule has 0 saturated heterocycles. The normalized spacial score (nSPS) is 10.8. The van der Waals surface area contributed by atoms with Gasteiger partial charge in [0.1, 0.15) is 0 Å². The van der Waals surface area contributed by atoms with Gasteiger partial charge in [0.2, 0.25) is 0 Å². The molecule has 2 amide bonds. The zero-order valence-corrected chi connectivity index (χ0v) is 8.82. The molecule has 0 radical (unpaired) electrons. The average molecular weight is 214 g/mol. The molecule has 0 aliphatic carbocycles. The van der Waals surface area contributed by atoms with Crippen molar-refractivity contribution in [2.24, 2.45) is 5.73 Å². The van der Waals surface area contributed by atoms with Gasteiger partial charge >= 0.3 is 43.8 Å². The largest absolute Gasteiger partial charge is 2.00 e. The van der Waals surface area contributed by atoms with E-state index in [0.29, 0.717) is 0 Å². The predicted molar refractivity (Wildman–Crippen MR) is 36.9 cm³/mol. The Morgan fingerprint density at radius 3 is 2.00 bits per heavy atom. The van der Waals surface area contributed by atoms with E-state index in [-0.39, 0.29) is 37.7 Å². The molecule has 0 spiro atoms. The zero-order chi connectivity index (χ0) is 9.72. The van der Waals surface area contributed by atoms with Crippen LogP contribution in [-0.4, -0.2) is 61.7 Å². The van der Waals surface area contributed by atoms with Crippen LogP contribution >= 0.6 is 0 Å². The second-order valence-corrected chi connectivity index (χ2v) is 1.96. The Morgan fingerprint density at radius 1 is 1.31 bits per heavy atom. The molecule has 0 aromatic heterocycles. The van der Waals surface area contributed by atoms with Crippen LogP contribution in [0.3, 0.4) is 0 Å². The van der Waals surface area contributed by atoms with Crippen LogP contribution in [0.1, 0.15) is 6.42 Å². The molecule has 0 rings (SSSR count). The molecule has 0 heterocycles. The quantitative estimate of drug-likeness (QED) is 0.455. The van der Waals surface area contributed by atoms with E-state index in [1.54, 1.807) is 5.32 Å². The van der Waals surface area contributed by atoms with E-state index in [4.69, 9.17) is 0 Å². The summed E-state index contributed by atoms with van der Waals surface area (Å²) >= 11 is 0. The first-order valence-corrected chi connectivity index (χ1v) is 2.90. The molecule has 1 atom stereocenters. The van der Waals surface area contributed by atoms with Crippen LogP contribution < -0.4 is 21.3 Å². The van der Waals surface area contributed by atoms with Crippen molar-refractivity contribution in [2.45, 2.75) is 12.5 Å². The number of nitrogens with one attached hydrogen (secondary N) is 1. The van der Waals surface area contributed by atoms with Gasteiger partial charge in [-0.15, -0.1) is 0 Å². The van der Waals surface area contributed by atoms with Gasteiger partial charge in [-0.2, -0.15) is 0 Å². The summed E-state index contributed by atoms with van der Waals surface area (Å²) in [4.78, 5) is 30.1. The van der Waals surface area contributed by atoms with E-state index in [2.05, 4.69) is 5.73 Å². The second kappa shape index (κ2) is 6.93. The number of amides is 2. The van der Waals surface area contributed by atoms with Crippen LogP contribution in [0, 0.1) is 0 Å². The van der Waals surface area contributed by atoms with Crippen molar-refractivity contribution in [1.82, 2.24) is 5.32 Å². The van der Waals surface area contributed by atoms with Crippen LogP contribution in [0.25, 0.3) is 0 Å². The van der Waals surface area contributed by atoms with Crippen molar-refractivity contribution in [3.8, 4) is 0 Å². The molecule has 0 aromatic carbocycles. The number of carboxylic acids is 2. The van der Waals surface area contributed by atoms with Gasteiger partial charge in [0, 0.05) is 12.4 Å². The molecule has 7 nitrogen and oxygen atoms in total. The molecule has 0 aliphatic heterocycles. The molecule has 0 aromatic rings. The Bertz CT molecular complexity index is 203. The Labute approximate surface area is 103 Å². The minimum atomic E-state index is -1.72. The number of primary amides is 1. The van der Waals surface area contributed by atoms with E-state index in [9.17, 15) is 24.6 Å². The predicted octanol–water partition coefficient (Wildman–Crippen LogP) is -4.47. The first-order chi connectivity index (χ1) is 5.43. The Morgan fingerprint density at radius 2 is 1.77 bits per heavy atom. The van der Waals surface area contributed by atoms with Gasteiger partial charge in [-0.1, -0.05) is 0 Å². The number of carboxylic acid groups (broad SMARTS) is 2. The fourth-order valence-electron chi connectivity index (χ4n) is 0.532. The third kappa shape index (κ3) is 7.82. The summed E-state index contributed by atoms with van der Waals surface area (Å²) in [5.41, 5.74) is 4.55. The van der Waals surface area contributed by atoms with Crippen LogP contribution in [0.4, 0.5) is 4.79 Å². The molecule has 68 valence electrons. The van der Waals surface area contributed by atoms with Gasteiger partial charge in [0.05, 0.1) is 12.0 Å². The maximum Gasteiger partial charge on any atom is 2.00 e. The van der Waals surface area contributed by atoms with Gasteiger partial charge in [-0.3, -0.25) is 0 Å². The number of carbonyl (C=O) groups excluding carboxylic acids is 3. The number of aliphatic carboxylic acids is 2. The second-order valence-electron chi connectivity index (χ2n) is 1.96. The standard InChI is InChI=1S/C5H8N2O5.Ca/c6-5(12)7-2(4(10)11)1-3(8)9;/h2H,1H2,(H,8,9)(H,10,11)(H3,6,7,12);/q;+2/p-2. The van der Waals surface area contributed by atoms with Crippen molar-refractivity contribution >= 4 is 55.7 Å². The smallest absolute Gasteiger partial charge is 0.550 e. The molecule has 3 N–H and O–H groups in total. The van der Waals surface area contributed by atoms with Gasteiger partial charge in [0.15, 0.2) is 0 Å². The third-order valence-electron chi connectivity index (χ3n) is 0.972. The maximum absolute atomic E-state index is 10.1. The molecule has 8 heteroatoms. The number of rotatable bonds is 4. The Kier molecular flexibility index (Phi) is 7.98. The van der Waals surface area contributed by atoms with E-state index >= 15 is 0 Å². The first-order valence-electron chi connectivity index (χ1n) is 2.90. The Balaban J connectivity index is 0. The summed E-state index contributed by atoms with van der Waals surface area (Å²) in [5, 5.41) is 21.7. The van der Waals surface area contributed by atoms with E-state index in [1.807, 2.05) is 0 Å². The molecular formula is C5H6CaN2O5. The van der Waals surface area contributed by atoms with Gasteiger partial charge in [-0.05, 0) is 0 Å². The summed E-state index contributed by atoms with van der Waals surface area (Å²) in [6.45, 7) is 0. The van der Waals surface area contributed by atoms with Crippen molar-refractivity contribution < 1.29 is 24.6 Å². The minimum Gasteiger partial charge on any atom is -0.550 e. The molecular weight excluding hydrogens is 208 g/mol. The van der Waals surface area contributed by atoms with E-state index in [1.165, 1.54) is 0 Å². The third-order valence-corrected chi connectivity index (χ3v) is 0.972. The molecule has 0 bridgehead atoms. The minimum absolute atomic E-state index is 0. The summed E-state index contributed by atoms with van der Waals surface area (Å²) in [6, 6.07) is -2.78. The summed E-state index contributed by atoms with van der Waals surface area (Å²) in [5.74, 6) is -3.34.